The summed E-state index contributed by atoms with van der Waals surface area (Å²) >= 11 is 0. The first-order valence-corrected chi connectivity index (χ1v) is 6.72. The second-order valence-electron chi connectivity index (χ2n) is 4.43. The fourth-order valence-corrected chi connectivity index (χ4v) is 2.44. The highest BCUT2D eigenvalue weighted by molar-refractivity contribution is 5.89. The highest BCUT2D eigenvalue weighted by atomic mass is 16.7. The lowest BCUT2D eigenvalue weighted by Gasteiger charge is -2.37. The third kappa shape index (κ3) is 3.56. The number of carbonyl (C=O) groups excluding carboxylic acids is 1. The molecule has 104 valence electrons. The Morgan fingerprint density at radius 2 is 1.78 bits per heavy atom. The Labute approximate surface area is 109 Å². The first-order valence-electron chi connectivity index (χ1n) is 6.72. The molecule has 0 aromatic carbocycles. The molecule has 1 aliphatic rings. The zero-order chi connectivity index (χ0) is 13.6. The predicted molar refractivity (Wildman–Crippen MR) is 69.2 cm³/mol. The van der Waals surface area contributed by atoms with Crippen LogP contribution in [0.4, 0.5) is 0 Å². The summed E-state index contributed by atoms with van der Waals surface area (Å²) in [6.45, 7) is 9.34. The second kappa shape index (κ2) is 6.90. The van der Waals surface area contributed by atoms with E-state index >= 15 is 0 Å². The van der Waals surface area contributed by atoms with Crippen LogP contribution in [0.15, 0.2) is 11.1 Å². The molecule has 0 heterocycles. The van der Waals surface area contributed by atoms with E-state index in [9.17, 15) is 4.79 Å². The van der Waals surface area contributed by atoms with Crippen molar-refractivity contribution in [1.29, 1.82) is 0 Å². The highest BCUT2D eigenvalue weighted by Gasteiger charge is 2.37. The van der Waals surface area contributed by atoms with Gasteiger partial charge in [0, 0.05) is 31.6 Å². The van der Waals surface area contributed by atoms with Crippen LogP contribution in [0.5, 0.6) is 0 Å². The van der Waals surface area contributed by atoms with Gasteiger partial charge >= 0.3 is 5.97 Å². The van der Waals surface area contributed by atoms with Gasteiger partial charge in [-0.25, -0.2) is 4.79 Å². The lowest BCUT2D eigenvalue weighted by Crippen LogP contribution is -2.39. The summed E-state index contributed by atoms with van der Waals surface area (Å²) in [4.78, 5) is 11.8. The zero-order valence-electron chi connectivity index (χ0n) is 11.9. The highest BCUT2D eigenvalue weighted by Crippen LogP contribution is 2.36. The Bertz CT molecular complexity index is 314. The van der Waals surface area contributed by atoms with Gasteiger partial charge in [0.2, 0.25) is 0 Å². The smallest absolute Gasteiger partial charge is 0.333 e. The number of hydrogen-bond acceptors (Lipinski definition) is 4. The number of carbonyl (C=O) groups is 1. The lowest BCUT2D eigenvalue weighted by atomic mass is 9.88. The number of esters is 1. The van der Waals surface area contributed by atoms with Crippen molar-refractivity contribution < 1.29 is 19.0 Å². The maximum Gasteiger partial charge on any atom is 0.333 e. The molecule has 0 radical (unpaired) electrons. The monoisotopic (exact) mass is 256 g/mol. The maximum atomic E-state index is 11.8. The van der Waals surface area contributed by atoms with Crippen LogP contribution in [-0.4, -0.2) is 31.6 Å². The summed E-state index contributed by atoms with van der Waals surface area (Å²) in [7, 11) is 0. The van der Waals surface area contributed by atoms with Crippen LogP contribution >= 0.6 is 0 Å². The molecule has 0 atom stereocenters. The molecule has 1 aliphatic carbocycles. The fourth-order valence-electron chi connectivity index (χ4n) is 2.44. The Balaban J connectivity index is 2.81. The quantitative estimate of drug-likeness (QED) is 0.541. The van der Waals surface area contributed by atoms with E-state index in [1.165, 1.54) is 0 Å². The lowest BCUT2D eigenvalue weighted by molar-refractivity contribution is -0.238. The molecule has 0 aromatic rings. The van der Waals surface area contributed by atoms with Crippen molar-refractivity contribution in [2.45, 2.75) is 52.7 Å². The third-order valence-electron chi connectivity index (χ3n) is 3.14. The molecular formula is C14H24O4. The molecule has 0 spiro atoms. The average molecular weight is 256 g/mol. The maximum absolute atomic E-state index is 11.8. The topological polar surface area (TPSA) is 44.8 Å². The van der Waals surface area contributed by atoms with Crippen molar-refractivity contribution in [3.05, 3.63) is 11.1 Å². The van der Waals surface area contributed by atoms with Gasteiger partial charge in [0.15, 0.2) is 5.79 Å². The molecule has 0 unspecified atom stereocenters. The van der Waals surface area contributed by atoms with Gasteiger partial charge in [0.05, 0.1) is 6.61 Å². The van der Waals surface area contributed by atoms with Crippen molar-refractivity contribution in [2.24, 2.45) is 0 Å². The summed E-state index contributed by atoms with van der Waals surface area (Å²) in [6.07, 6.45) is 2.01. The molecule has 0 aromatic heterocycles. The standard InChI is InChI=1S/C14H24O4/c1-5-16-13(15)12-8-9-14(17-6-2,18-7-3)10-11(12)4/h5-10H2,1-4H3. The largest absolute Gasteiger partial charge is 0.463 e. The summed E-state index contributed by atoms with van der Waals surface area (Å²) in [5.41, 5.74) is 1.80. The van der Waals surface area contributed by atoms with Gasteiger partial charge in [-0.1, -0.05) is 5.57 Å². The minimum atomic E-state index is -0.552. The van der Waals surface area contributed by atoms with E-state index in [2.05, 4.69) is 0 Å². The van der Waals surface area contributed by atoms with E-state index in [0.717, 1.165) is 11.1 Å². The van der Waals surface area contributed by atoms with Crippen LogP contribution in [0.25, 0.3) is 0 Å². The third-order valence-corrected chi connectivity index (χ3v) is 3.14. The zero-order valence-corrected chi connectivity index (χ0v) is 11.9. The van der Waals surface area contributed by atoms with Crippen molar-refractivity contribution in [3.8, 4) is 0 Å². The van der Waals surface area contributed by atoms with Crippen LogP contribution in [0, 0.1) is 0 Å². The van der Waals surface area contributed by atoms with Crippen molar-refractivity contribution in [2.75, 3.05) is 19.8 Å². The van der Waals surface area contributed by atoms with Gasteiger partial charge in [-0.15, -0.1) is 0 Å². The average Bonchev–Trinajstić information content (AvgIpc) is 2.30. The molecular weight excluding hydrogens is 232 g/mol. The molecule has 4 heteroatoms. The molecule has 4 nitrogen and oxygen atoms in total. The first-order chi connectivity index (χ1) is 8.58. The summed E-state index contributed by atoms with van der Waals surface area (Å²) in [5.74, 6) is -0.750. The van der Waals surface area contributed by atoms with E-state index < -0.39 is 5.79 Å². The molecule has 18 heavy (non-hydrogen) atoms. The van der Waals surface area contributed by atoms with E-state index in [1.807, 2.05) is 27.7 Å². The van der Waals surface area contributed by atoms with Gasteiger partial charge in [0.25, 0.3) is 0 Å². The molecule has 1 rings (SSSR count). The van der Waals surface area contributed by atoms with Gasteiger partial charge in [0.1, 0.15) is 0 Å². The minimum absolute atomic E-state index is 0.198. The predicted octanol–water partition coefficient (Wildman–Crippen LogP) is 2.82. The molecule has 0 N–H and O–H groups in total. The Morgan fingerprint density at radius 1 is 1.17 bits per heavy atom. The number of rotatable bonds is 6. The van der Waals surface area contributed by atoms with Crippen molar-refractivity contribution >= 4 is 5.97 Å². The van der Waals surface area contributed by atoms with Gasteiger partial charge < -0.3 is 14.2 Å². The SMILES string of the molecule is CCOC(=O)C1=C(C)CC(OCC)(OCC)CC1. The molecule has 0 bridgehead atoms. The molecule has 0 amide bonds. The minimum Gasteiger partial charge on any atom is -0.463 e. The Morgan fingerprint density at radius 3 is 2.22 bits per heavy atom. The van der Waals surface area contributed by atoms with Crippen molar-refractivity contribution in [3.63, 3.8) is 0 Å². The fraction of sp³-hybridized carbons (Fsp3) is 0.786. The Hall–Kier alpha value is -0.870. The van der Waals surface area contributed by atoms with Crippen LogP contribution in [0.1, 0.15) is 47.0 Å². The van der Waals surface area contributed by atoms with E-state index in [-0.39, 0.29) is 5.97 Å². The molecule has 0 saturated heterocycles. The van der Waals surface area contributed by atoms with Crippen LogP contribution in [0.3, 0.4) is 0 Å². The van der Waals surface area contributed by atoms with E-state index in [0.29, 0.717) is 39.1 Å². The number of ether oxygens (including phenoxy) is 3. The Kier molecular flexibility index (Phi) is 5.82. The van der Waals surface area contributed by atoms with Gasteiger partial charge in [-0.3, -0.25) is 0 Å². The van der Waals surface area contributed by atoms with E-state index in [1.54, 1.807) is 0 Å². The van der Waals surface area contributed by atoms with Crippen molar-refractivity contribution in [1.82, 2.24) is 0 Å². The summed E-state index contributed by atoms with van der Waals surface area (Å²) < 4.78 is 16.6. The van der Waals surface area contributed by atoms with Gasteiger partial charge in [-0.05, 0) is 34.1 Å². The molecule has 0 aliphatic heterocycles. The van der Waals surface area contributed by atoms with Gasteiger partial charge in [-0.2, -0.15) is 0 Å². The van der Waals surface area contributed by atoms with Crippen LogP contribution < -0.4 is 0 Å². The second-order valence-corrected chi connectivity index (χ2v) is 4.43. The first kappa shape index (κ1) is 15.2. The van der Waals surface area contributed by atoms with Crippen LogP contribution in [0.2, 0.25) is 0 Å². The summed E-state index contributed by atoms with van der Waals surface area (Å²) in [5, 5.41) is 0. The molecule has 0 fully saturated rings. The normalized spacial score (nSPS) is 18.9. The van der Waals surface area contributed by atoms with Crippen LogP contribution in [-0.2, 0) is 19.0 Å². The van der Waals surface area contributed by atoms with E-state index in [4.69, 9.17) is 14.2 Å². The summed E-state index contributed by atoms with van der Waals surface area (Å²) in [6, 6.07) is 0. The molecule has 0 saturated carbocycles. The number of hydrogen-bond donors (Lipinski definition) is 0.